The second-order valence-corrected chi connectivity index (χ2v) is 10.7. The van der Waals surface area contributed by atoms with Gasteiger partial charge in [0.2, 0.25) is 11.8 Å². The first kappa shape index (κ1) is 21.3. The van der Waals surface area contributed by atoms with Crippen LogP contribution < -0.4 is 10.2 Å². The third-order valence-corrected chi connectivity index (χ3v) is 7.43. The van der Waals surface area contributed by atoms with Gasteiger partial charge in [-0.25, -0.2) is 8.42 Å². The summed E-state index contributed by atoms with van der Waals surface area (Å²) in [7, 11) is -3.31. The van der Waals surface area contributed by atoms with Gasteiger partial charge in [0.25, 0.3) is 0 Å². The zero-order valence-corrected chi connectivity index (χ0v) is 18.7. The minimum absolute atomic E-state index is 0.101. The van der Waals surface area contributed by atoms with Crippen molar-refractivity contribution in [1.82, 2.24) is 0 Å². The SMILES string of the molecule is Cc1ccc(N2C(=O)CC(C(=O)Nc3ccc(S(C)(=O)=O)cc3)C2c2cccs2)cc1. The normalized spacial score (nSPS) is 18.9. The van der Waals surface area contributed by atoms with Crippen LogP contribution in [0, 0.1) is 12.8 Å². The number of nitrogens with zero attached hydrogens (tertiary/aromatic N) is 1. The lowest BCUT2D eigenvalue weighted by Gasteiger charge is -2.27. The van der Waals surface area contributed by atoms with Crippen LogP contribution in [0.4, 0.5) is 11.4 Å². The highest BCUT2D eigenvalue weighted by Gasteiger charge is 2.45. The maximum atomic E-state index is 13.2. The van der Waals surface area contributed by atoms with Crippen LogP contribution in [0.2, 0.25) is 0 Å². The van der Waals surface area contributed by atoms with Crippen LogP contribution in [-0.4, -0.2) is 26.5 Å². The average Bonchev–Trinajstić information content (AvgIpc) is 3.36. The van der Waals surface area contributed by atoms with E-state index in [-0.39, 0.29) is 23.1 Å². The summed E-state index contributed by atoms with van der Waals surface area (Å²) in [6.07, 6.45) is 1.24. The number of thiophene rings is 1. The van der Waals surface area contributed by atoms with Crippen LogP contribution in [0.5, 0.6) is 0 Å². The van der Waals surface area contributed by atoms with Crippen LogP contribution in [-0.2, 0) is 19.4 Å². The number of sulfone groups is 1. The van der Waals surface area contributed by atoms with E-state index in [9.17, 15) is 18.0 Å². The number of benzene rings is 2. The molecular formula is C23H22N2O4S2. The van der Waals surface area contributed by atoms with Crippen LogP contribution in [0.3, 0.4) is 0 Å². The second kappa shape index (κ2) is 8.28. The Hall–Kier alpha value is -2.97. The molecule has 2 aromatic carbocycles. The molecule has 160 valence electrons. The monoisotopic (exact) mass is 454 g/mol. The van der Waals surface area contributed by atoms with E-state index >= 15 is 0 Å². The number of carbonyl (C=O) groups excluding carboxylic acids is 2. The van der Waals surface area contributed by atoms with Crippen LogP contribution in [0.15, 0.2) is 70.9 Å². The van der Waals surface area contributed by atoms with Crippen molar-refractivity contribution in [1.29, 1.82) is 0 Å². The van der Waals surface area contributed by atoms with Crippen molar-refractivity contribution in [2.24, 2.45) is 5.92 Å². The minimum Gasteiger partial charge on any atom is -0.326 e. The fraction of sp³-hybridized carbons (Fsp3) is 0.217. The molecular weight excluding hydrogens is 432 g/mol. The molecule has 1 aliphatic rings. The average molecular weight is 455 g/mol. The van der Waals surface area contributed by atoms with E-state index in [1.807, 2.05) is 48.7 Å². The second-order valence-electron chi connectivity index (χ2n) is 7.66. The van der Waals surface area contributed by atoms with E-state index in [1.54, 1.807) is 17.0 Å². The lowest BCUT2D eigenvalue weighted by Crippen LogP contribution is -2.32. The van der Waals surface area contributed by atoms with Gasteiger partial charge in [0.05, 0.1) is 16.9 Å². The predicted molar refractivity (Wildman–Crippen MR) is 122 cm³/mol. The first-order valence-corrected chi connectivity index (χ1v) is 12.5. The highest BCUT2D eigenvalue weighted by atomic mass is 32.2. The van der Waals surface area contributed by atoms with E-state index in [4.69, 9.17) is 0 Å². The highest BCUT2D eigenvalue weighted by molar-refractivity contribution is 7.90. The van der Waals surface area contributed by atoms with E-state index in [2.05, 4.69) is 5.32 Å². The van der Waals surface area contributed by atoms with Gasteiger partial charge in [-0.3, -0.25) is 9.59 Å². The van der Waals surface area contributed by atoms with Crippen molar-refractivity contribution in [3.63, 3.8) is 0 Å². The molecule has 0 spiro atoms. The van der Waals surface area contributed by atoms with Gasteiger partial charge in [0, 0.05) is 28.9 Å². The summed E-state index contributed by atoms with van der Waals surface area (Å²) in [6, 6.07) is 17.2. The summed E-state index contributed by atoms with van der Waals surface area (Å²) in [5, 5.41) is 4.78. The summed E-state index contributed by atoms with van der Waals surface area (Å²) in [5.41, 5.74) is 2.35. The Labute approximate surface area is 185 Å². The summed E-state index contributed by atoms with van der Waals surface area (Å²) in [4.78, 5) is 29.0. The molecule has 2 unspecified atom stereocenters. The fourth-order valence-electron chi connectivity index (χ4n) is 3.78. The Kier molecular flexibility index (Phi) is 5.68. The molecule has 3 aromatic rings. The first-order valence-electron chi connectivity index (χ1n) is 9.77. The largest absolute Gasteiger partial charge is 0.326 e. The smallest absolute Gasteiger partial charge is 0.230 e. The van der Waals surface area contributed by atoms with Gasteiger partial charge in [-0.2, -0.15) is 0 Å². The summed E-state index contributed by atoms with van der Waals surface area (Å²) < 4.78 is 23.3. The zero-order valence-electron chi connectivity index (χ0n) is 17.1. The molecule has 1 aromatic heterocycles. The number of carbonyl (C=O) groups is 2. The number of amides is 2. The van der Waals surface area contributed by atoms with Gasteiger partial charge in [-0.15, -0.1) is 11.3 Å². The Balaban J connectivity index is 1.62. The molecule has 2 heterocycles. The molecule has 0 radical (unpaired) electrons. The number of nitrogens with one attached hydrogen (secondary N) is 1. The molecule has 1 saturated heterocycles. The van der Waals surface area contributed by atoms with E-state index in [0.29, 0.717) is 5.69 Å². The van der Waals surface area contributed by atoms with Crippen molar-refractivity contribution in [2.45, 2.75) is 24.3 Å². The summed E-state index contributed by atoms with van der Waals surface area (Å²) in [5.74, 6) is -0.940. The number of rotatable bonds is 5. The molecule has 0 bridgehead atoms. The Bertz CT molecular complexity index is 1200. The maximum Gasteiger partial charge on any atom is 0.230 e. The summed E-state index contributed by atoms with van der Waals surface area (Å²) >= 11 is 1.52. The highest BCUT2D eigenvalue weighted by Crippen LogP contribution is 2.43. The molecule has 6 nitrogen and oxygen atoms in total. The number of hydrogen-bond donors (Lipinski definition) is 1. The van der Waals surface area contributed by atoms with Gasteiger partial charge >= 0.3 is 0 Å². The van der Waals surface area contributed by atoms with Crippen LogP contribution >= 0.6 is 11.3 Å². The Morgan fingerprint density at radius 2 is 1.74 bits per heavy atom. The standard InChI is InChI=1S/C23H22N2O4S2/c1-15-5-9-17(10-6-15)25-21(26)14-19(22(25)20-4-3-13-30-20)23(27)24-16-7-11-18(12-8-16)31(2,28)29/h3-13,19,22H,14H2,1-2H3,(H,24,27). The third kappa shape index (κ3) is 4.40. The summed E-state index contributed by atoms with van der Waals surface area (Å²) in [6.45, 7) is 1.98. The van der Waals surface area contributed by atoms with Crippen molar-refractivity contribution in [3.05, 3.63) is 76.5 Å². The Morgan fingerprint density at radius 3 is 2.32 bits per heavy atom. The first-order chi connectivity index (χ1) is 14.7. The van der Waals surface area contributed by atoms with Gasteiger partial charge < -0.3 is 10.2 Å². The molecule has 1 fully saturated rings. The third-order valence-electron chi connectivity index (χ3n) is 5.36. The topological polar surface area (TPSA) is 83.6 Å². The van der Waals surface area contributed by atoms with Gasteiger partial charge in [0.15, 0.2) is 9.84 Å². The van der Waals surface area contributed by atoms with Crippen molar-refractivity contribution < 1.29 is 18.0 Å². The van der Waals surface area contributed by atoms with Crippen LogP contribution in [0.25, 0.3) is 0 Å². The number of hydrogen-bond acceptors (Lipinski definition) is 5. The zero-order chi connectivity index (χ0) is 22.2. The molecule has 0 aliphatic carbocycles. The maximum absolute atomic E-state index is 13.2. The van der Waals surface area contributed by atoms with Gasteiger partial charge in [0.1, 0.15) is 0 Å². The Morgan fingerprint density at radius 1 is 1.06 bits per heavy atom. The van der Waals surface area contributed by atoms with Gasteiger partial charge in [-0.1, -0.05) is 23.8 Å². The molecule has 2 atom stereocenters. The number of aryl methyl sites for hydroxylation is 1. The van der Waals surface area contributed by atoms with Crippen molar-refractivity contribution >= 4 is 44.4 Å². The van der Waals surface area contributed by atoms with Crippen molar-refractivity contribution in [2.75, 3.05) is 16.5 Å². The minimum atomic E-state index is -3.31. The molecule has 2 amide bonds. The van der Waals surface area contributed by atoms with E-state index in [0.717, 1.165) is 22.4 Å². The lowest BCUT2D eigenvalue weighted by molar-refractivity contribution is -0.122. The number of anilines is 2. The van der Waals surface area contributed by atoms with E-state index < -0.39 is 21.8 Å². The molecule has 1 aliphatic heterocycles. The molecule has 1 N–H and O–H groups in total. The quantitative estimate of drug-likeness (QED) is 0.627. The molecule has 0 saturated carbocycles. The predicted octanol–water partition coefficient (Wildman–Crippen LogP) is 4.19. The molecule has 31 heavy (non-hydrogen) atoms. The van der Waals surface area contributed by atoms with E-state index in [1.165, 1.54) is 23.5 Å². The van der Waals surface area contributed by atoms with Gasteiger partial charge in [-0.05, 0) is 54.8 Å². The molecule has 4 rings (SSSR count). The lowest BCUT2D eigenvalue weighted by atomic mass is 9.97. The van der Waals surface area contributed by atoms with Crippen molar-refractivity contribution in [3.8, 4) is 0 Å². The fourth-order valence-corrected chi connectivity index (χ4v) is 5.30. The van der Waals surface area contributed by atoms with Crippen LogP contribution in [0.1, 0.15) is 22.9 Å². The molecule has 8 heteroatoms.